The molecule has 0 aliphatic carbocycles. The Balaban J connectivity index is 0.000000226. The van der Waals surface area contributed by atoms with Gasteiger partial charge in [0, 0.05) is 34.2 Å². The van der Waals surface area contributed by atoms with Crippen LogP contribution in [0.3, 0.4) is 0 Å². The van der Waals surface area contributed by atoms with E-state index in [4.69, 9.17) is 0 Å². The Kier molecular flexibility index (Phi) is 7.09. The van der Waals surface area contributed by atoms with Crippen LogP contribution in [0.2, 0.25) is 0 Å². The topological polar surface area (TPSA) is 66.0 Å². The van der Waals surface area contributed by atoms with Gasteiger partial charge in [0.2, 0.25) is 0 Å². The molecule has 0 N–H and O–H groups in total. The summed E-state index contributed by atoms with van der Waals surface area (Å²) in [5.74, 6) is 0. The summed E-state index contributed by atoms with van der Waals surface area (Å²) >= 11 is 0. The van der Waals surface area contributed by atoms with Gasteiger partial charge in [0.1, 0.15) is 10.1 Å². The summed E-state index contributed by atoms with van der Waals surface area (Å²) in [5, 5.41) is 2.60. The number of aryl methyl sites for hydroxylation is 2. The first-order chi connectivity index (χ1) is 18.3. The fourth-order valence-corrected chi connectivity index (χ4v) is 4.97. The van der Waals surface area contributed by atoms with E-state index in [9.17, 15) is 13.0 Å². The van der Waals surface area contributed by atoms with Crippen LogP contribution in [0.25, 0.3) is 27.5 Å². The van der Waals surface area contributed by atoms with E-state index in [-0.39, 0.29) is 4.90 Å². The largest absolute Gasteiger partial charge is 0.744 e. The summed E-state index contributed by atoms with van der Waals surface area (Å²) < 4.78 is 35.7. The molecule has 6 heteroatoms. The van der Waals surface area contributed by atoms with Gasteiger partial charge >= 0.3 is 0 Å². The number of nitrogens with zero attached hydrogens (tertiary/aromatic N) is 2. The number of fused-ring (bicyclic) bond motifs is 3. The minimum Gasteiger partial charge on any atom is -0.744 e. The first kappa shape index (κ1) is 25.4. The van der Waals surface area contributed by atoms with Crippen molar-refractivity contribution >= 4 is 31.9 Å². The van der Waals surface area contributed by atoms with Crippen molar-refractivity contribution in [2.75, 3.05) is 0 Å². The van der Waals surface area contributed by atoms with Crippen molar-refractivity contribution in [1.82, 2.24) is 4.57 Å². The lowest BCUT2D eigenvalue weighted by Crippen LogP contribution is -2.33. The highest BCUT2D eigenvalue weighted by Crippen LogP contribution is 2.31. The molecule has 0 fully saturated rings. The molecular weight excluding hydrogens is 492 g/mol. The van der Waals surface area contributed by atoms with E-state index in [0.29, 0.717) is 0 Å². The van der Waals surface area contributed by atoms with Gasteiger partial charge < -0.3 is 9.12 Å². The number of aromatic nitrogens is 2. The maximum atomic E-state index is 10.4. The maximum Gasteiger partial charge on any atom is 0.173 e. The van der Waals surface area contributed by atoms with Gasteiger partial charge in [-0.1, -0.05) is 66.2 Å². The van der Waals surface area contributed by atoms with Crippen molar-refractivity contribution in [1.29, 1.82) is 0 Å². The van der Waals surface area contributed by atoms with Crippen LogP contribution >= 0.6 is 0 Å². The van der Waals surface area contributed by atoms with Crippen LogP contribution in [-0.2, 0) is 16.7 Å². The summed E-state index contributed by atoms with van der Waals surface area (Å²) in [4.78, 5) is -0.178. The van der Waals surface area contributed by atoms with Gasteiger partial charge in [0.15, 0.2) is 18.9 Å². The predicted molar refractivity (Wildman–Crippen MR) is 150 cm³/mol. The van der Waals surface area contributed by atoms with Crippen molar-refractivity contribution in [2.45, 2.75) is 25.3 Å². The summed E-state index contributed by atoms with van der Waals surface area (Å²) in [7, 11) is -4.27. The molecule has 0 aliphatic heterocycles. The average molecular weight is 521 g/mol. The van der Waals surface area contributed by atoms with Gasteiger partial charge in [-0.05, 0) is 55.8 Å². The Labute approximate surface area is 223 Å². The molecular formula is C32H28N2O3S. The molecule has 2 aromatic heterocycles. The van der Waals surface area contributed by atoms with Crippen molar-refractivity contribution in [3.63, 3.8) is 0 Å². The standard InChI is InChI=1S/C25H21N2.C7H8O3S/c1-19-14-16-26(17-15-19)18-20-10-12-21(13-11-20)27-24-8-4-2-6-22(24)23-7-3-5-9-25(23)27;1-6-2-4-7(5-3-6)11(8,9)10/h2-17H,18H2,1H3;2-5H,1H3,(H,8,9,10)/q+1;/p-1. The van der Waals surface area contributed by atoms with Crippen LogP contribution in [0.1, 0.15) is 16.7 Å². The molecule has 0 saturated heterocycles. The molecule has 6 rings (SSSR count). The van der Waals surface area contributed by atoms with Crippen molar-refractivity contribution in [2.24, 2.45) is 0 Å². The molecule has 0 aliphatic rings. The molecule has 0 unspecified atom stereocenters. The Morgan fingerprint density at radius 2 is 1.16 bits per heavy atom. The SMILES string of the molecule is Cc1cc[n+](Cc2ccc(-n3c4ccccc4c4ccccc43)cc2)cc1.Cc1ccc(S(=O)(=O)[O-])cc1. The lowest BCUT2D eigenvalue weighted by atomic mass is 10.2. The number of hydrogen-bond acceptors (Lipinski definition) is 3. The fraction of sp³-hybridized carbons (Fsp3) is 0.0938. The van der Waals surface area contributed by atoms with E-state index in [1.165, 1.54) is 50.8 Å². The number of para-hydroxylation sites is 2. The second kappa shape index (κ2) is 10.6. The lowest BCUT2D eigenvalue weighted by molar-refractivity contribution is -0.688. The second-order valence-corrected chi connectivity index (χ2v) is 10.7. The van der Waals surface area contributed by atoms with E-state index in [2.05, 4.69) is 113 Å². The van der Waals surface area contributed by atoms with E-state index < -0.39 is 10.1 Å². The molecule has 2 heterocycles. The minimum atomic E-state index is -4.27. The van der Waals surface area contributed by atoms with Gasteiger partial charge in [0.25, 0.3) is 0 Å². The smallest absolute Gasteiger partial charge is 0.173 e. The Bertz CT molecular complexity index is 1750. The summed E-state index contributed by atoms with van der Waals surface area (Å²) in [6.45, 7) is 4.82. The normalized spacial score (nSPS) is 11.3. The molecule has 0 spiro atoms. The summed E-state index contributed by atoms with van der Waals surface area (Å²) in [5.41, 5.74) is 7.21. The molecule has 0 amide bonds. The first-order valence-corrected chi connectivity index (χ1v) is 13.8. The minimum absolute atomic E-state index is 0.178. The van der Waals surface area contributed by atoms with E-state index in [0.717, 1.165) is 12.1 Å². The monoisotopic (exact) mass is 520 g/mol. The molecule has 0 saturated carbocycles. The molecule has 0 bridgehead atoms. The number of hydrogen-bond donors (Lipinski definition) is 0. The molecule has 6 aromatic rings. The molecule has 4 aromatic carbocycles. The number of pyridine rings is 1. The molecule has 190 valence electrons. The summed E-state index contributed by atoms with van der Waals surface area (Å²) in [6, 6.07) is 36.2. The van der Waals surface area contributed by atoms with Crippen LogP contribution in [-0.4, -0.2) is 17.5 Å². The number of rotatable bonds is 4. The lowest BCUT2D eigenvalue weighted by Gasteiger charge is -2.08. The Morgan fingerprint density at radius 1 is 0.658 bits per heavy atom. The Morgan fingerprint density at radius 3 is 1.68 bits per heavy atom. The van der Waals surface area contributed by atoms with Gasteiger partial charge in [-0.15, -0.1) is 0 Å². The third-order valence-corrected chi connectivity index (χ3v) is 7.36. The van der Waals surface area contributed by atoms with Crippen LogP contribution in [0.5, 0.6) is 0 Å². The average Bonchev–Trinajstić information content (AvgIpc) is 3.25. The highest BCUT2D eigenvalue weighted by Gasteiger charge is 2.11. The zero-order chi connectivity index (χ0) is 26.7. The number of benzene rings is 4. The quantitative estimate of drug-likeness (QED) is 0.202. The van der Waals surface area contributed by atoms with Crippen LogP contribution in [0.4, 0.5) is 0 Å². The summed E-state index contributed by atoms with van der Waals surface area (Å²) in [6.07, 6.45) is 4.27. The molecule has 38 heavy (non-hydrogen) atoms. The zero-order valence-corrected chi connectivity index (χ0v) is 22.1. The zero-order valence-electron chi connectivity index (χ0n) is 21.3. The highest BCUT2D eigenvalue weighted by atomic mass is 32.2. The van der Waals surface area contributed by atoms with Crippen molar-refractivity contribution in [3.8, 4) is 5.69 Å². The Hall–Kier alpha value is -4.26. The maximum absolute atomic E-state index is 10.4. The third-order valence-electron chi connectivity index (χ3n) is 6.51. The third kappa shape index (κ3) is 5.52. The fourth-order valence-electron chi connectivity index (χ4n) is 4.50. The highest BCUT2D eigenvalue weighted by molar-refractivity contribution is 7.85. The van der Waals surface area contributed by atoms with E-state index in [1.807, 2.05) is 6.92 Å². The molecule has 0 radical (unpaired) electrons. The van der Waals surface area contributed by atoms with Crippen molar-refractivity contribution in [3.05, 3.63) is 138 Å². The first-order valence-electron chi connectivity index (χ1n) is 12.4. The predicted octanol–water partition coefficient (Wildman–Crippen LogP) is 6.33. The van der Waals surface area contributed by atoms with E-state index in [1.54, 1.807) is 12.1 Å². The van der Waals surface area contributed by atoms with Gasteiger partial charge in [-0.2, -0.15) is 0 Å². The van der Waals surface area contributed by atoms with Crippen LogP contribution in [0.15, 0.2) is 126 Å². The van der Waals surface area contributed by atoms with Gasteiger partial charge in [-0.3, -0.25) is 0 Å². The van der Waals surface area contributed by atoms with Crippen LogP contribution in [0, 0.1) is 13.8 Å². The van der Waals surface area contributed by atoms with Crippen molar-refractivity contribution < 1.29 is 17.5 Å². The molecule has 0 atom stereocenters. The van der Waals surface area contributed by atoms with Gasteiger partial charge in [-0.25, -0.2) is 13.0 Å². The van der Waals surface area contributed by atoms with Gasteiger partial charge in [0.05, 0.1) is 15.9 Å². The molecule has 5 nitrogen and oxygen atoms in total. The second-order valence-electron chi connectivity index (χ2n) is 9.35. The van der Waals surface area contributed by atoms with E-state index >= 15 is 0 Å². The van der Waals surface area contributed by atoms with Crippen LogP contribution < -0.4 is 4.57 Å².